The monoisotopic (exact) mass is 379 g/mol. The molecule has 0 aromatic carbocycles. The fourth-order valence-corrected chi connectivity index (χ4v) is 3.58. The predicted octanol–water partition coefficient (Wildman–Crippen LogP) is 2.03. The third-order valence-electron chi connectivity index (χ3n) is 5.32. The molecule has 1 aliphatic heterocycles. The van der Waals surface area contributed by atoms with E-state index in [1.54, 1.807) is 23.1 Å². The first-order valence-corrected chi connectivity index (χ1v) is 9.46. The van der Waals surface area contributed by atoms with Crippen molar-refractivity contribution in [2.45, 2.75) is 33.7 Å². The summed E-state index contributed by atoms with van der Waals surface area (Å²) in [6, 6.07) is 5.57. The molecular formula is C20H25N7O. The molecule has 146 valence electrons. The van der Waals surface area contributed by atoms with Gasteiger partial charge in [-0.3, -0.25) is 9.78 Å². The minimum atomic E-state index is -0.128. The molecule has 0 spiro atoms. The highest BCUT2D eigenvalue weighted by molar-refractivity contribution is 5.60. The number of nitrogens with zero attached hydrogens (tertiary/aromatic N) is 7. The van der Waals surface area contributed by atoms with Crippen molar-refractivity contribution < 1.29 is 0 Å². The van der Waals surface area contributed by atoms with E-state index in [1.807, 2.05) is 26.1 Å². The van der Waals surface area contributed by atoms with Crippen LogP contribution in [0.25, 0.3) is 11.3 Å². The molecule has 0 atom stereocenters. The average molecular weight is 379 g/mol. The Labute approximate surface area is 163 Å². The summed E-state index contributed by atoms with van der Waals surface area (Å²) in [4.78, 5) is 19.3. The molecule has 0 saturated carbocycles. The summed E-state index contributed by atoms with van der Waals surface area (Å²) in [7, 11) is 1.82. The fourth-order valence-electron chi connectivity index (χ4n) is 3.58. The molecule has 0 amide bonds. The number of anilines is 1. The van der Waals surface area contributed by atoms with Crippen LogP contribution in [0.1, 0.15) is 31.7 Å². The molecule has 3 aromatic rings. The molecule has 0 aliphatic carbocycles. The summed E-state index contributed by atoms with van der Waals surface area (Å²) in [6.07, 6.45) is 4.67. The Kier molecular flexibility index (Phi) is 4.49. The fraction of sp³-hybridized carbons (Fsp3) is 0.450. The van der Waals surface area contributed by atoms with Crippen LogP contribution in [0.15, 0.2) is 35.4 Å². The number of hydrogen-bond acceptors (Lipinski definition) is 6. The zero-order valence-electron chi connectivity index (χ0n) is 16.8. The van der Waals surface area contributed by atoms with E-state index >= 15 is 0 Å². The zero-order valence-corrected chi connectivity index (χ0v) is 16.8. The Hall–Kier alpha value is -3.03. The highest BCUT2D eigenvalue weighted by Gasteiger charge is 2.29. The third kappa shape index (κ3) is 3.54. The van der Waals surface area contributed by atoms with E-state index in [0.29, 0.717) is 12.2 Å². The summed E-state index contributed by atoms with van der Waals surface area (Å²) in [5, 5.41) is 12.8. The van der Waals surface area contributed by atoms with Crippen molar-refractivity contribution >= 4 is 5.69 Å². The zero-order chi connectivity index (χ0) is 19.9. The van der Waals surface area contributed by atoms with Gasteiger partial charge in [0.1, 0.15) is 5.69 Å². The van der Waals surface area contributed by atoms with Crippen molar-refractivity contribution in [2.75, 3.05) is 18.0 Å². The van der Waals surface area contributed by atoms with Gasteiger partial charge in [-0.2, -0.15) is 5.10 Å². The van der Waals surface area contributed by atoms with Crippen LogP contribution >= 0.6 is 0 Å². The van der Waals surface area contributed by atoms with Crippen LogP contribution in [0.4, 0.5) is 5.69 Å². The lowest BCUT2D eigenvalue weighted by molar-refractivity contribution is 0.418. The number of pyridine rings is 1. The summed E-state index contributed by atoms with van der Waals surface area (Å²) in [5.74, 6) is 0. The van der Waals surface area contributed by atoms with Crippen molar-refractivity contribution in [3.05, 3.63) is 52.3 Å². The molecule has 4 rings (SSSR count). The van der Waals surface area contributed by atoms with Gasteiger partial charge >= 0.3 is 0 Å². The van der Waals surface area contributed by atoms with Crippen LogP contribution < -0.4 is 10.5 Å². The quantitative estimate of drug-likeness (QED) is 0.690. The van der Waals surface area contributed by atoms with Gasteiger partial charge in [-0.15, -0.1) is 5.10 Å². The van der Waals surface area contributed by atoms with Gasteiger partial charge in [0, 0.05) is 43.7 Å². The third-order valence-corrected chi connectivity index (χ3v) is 5.32. The molecule has 28 heavy (non-hydrogen) atoms. The number of rotatable bonds is 4. The molecule has 4 heterocycles. The maximum Gasteiger partial charge on any atom is 0.269 e. The van der Waals surface area contributed by atoms with Gasteiger partial charge in [0.05, 0.1) is 24.1 Å². The molecule has 0 N–H and O–H groups in total. The highest BCUT2D eigenvalue weighted by atomic mass is 16.1. The van der Waals surface area contributed by atoms with Crippen molar-refractivity contribution in [3.63, 3.8) is 0 Å². The maximum atomic E-state index is 12.7. The van der Waals surface area contributed by atoms with E-state index in [2.05, 4.69) is 39.1 Å². The Balaban J connectivity index is 1.61. The predicted molar refractivity (Wildman–Crippen MR) is 107 cm³/mol. The van der Waals surface area contributed by atoms with Gasteiger partial charge in [0.2, 0.25) is 0 Å². The van der Waals surface area contributed by atoms with E-state index in [1.165, 1.54) is 4.68 Å². The van der Waals surface area contributed by atoms with Crippen LogP contribution in [0.5, 0.6) is 0 Å². The van der Waals surface area contributed by atoms with Crippen LogP contribution in [-0.2, 0) is 13.6 Å². The minimum Gasteiger partial charge on any atom is -0.370 e. The summed E-state index contributed by atoms with van der Waals surface area (Å²) in [6.45, 7) is 8.63. The second-order valence-corrected chi connectivity index (χ2v) is 8.24. The van der Waals surface area contributed by atoms with Gasteiger partial charge in [0.25, 0.3) is 5.56 Å². The summed E-state index contributed by atoms with van der Waals surface area (Å²) >= 11 is 0. The molecule has 0 bridgehead atoms. The Morgan fingerprint density at radius 3 is 2.68 bits per heavy atom. The van der Waals surface area contributed by atoms with E-state index in [4.69, 9.17) is 0 Å². The van der Waals surface area contributed by atoms with E-state index in [9.17, 15) is 4.79 Å². The van der Waals surface area contributed by atoms with Gasteiger partial charge in [-0.1, -0.05) is 19.1 Å². The standard InChI is InChI=1S/C20H25N7O/c1-14-5-6-15(10-21-14)19-17(25(4)24-23-19)12-27-18(28)9-16(11-22-27)26-8-7-20(2,3)13-26/h5-6,9-11H,7-8,12-13H2,1-4H3. The largest absolute Gasteiger partial charge is 0.370 e. The molecule has 3 aromatic heterocycles. The molecule has 8 heteroatoms. The molecule has 8 nitrogen and oxygen atoms in total. The number of aromatic nitrogens is 6. The van der Waals surface area contributed by atoms with Crippen LogP contribution in [-0.4, -0.2) is 42.8 Å². The summed E-state index contributed by atoms with van der Waals surface area (Å²) < 4.78 is 3.13. The van der Waals surface area contributed by atoms with Gasteiger partial charge in [0.15, 0.2) is 0 Å². The molecular weight excluding hydrogens is 354 g/mol. The van der Waals surface area contributed by atoms with E-state index < -0.39 is 0 Å². The van der Waals surface area contributed by atoms with Gasteiger partial charge in [-0.05, 0) is 30.9 Å². The number of aryl methyl sites for hydroxylation is 2. The topological polar surface area (TPSA) is 81.7 Å². The van der Waals surface area contributed by atoms with Crippen LogP contribution in [0, 0.1) is 12.3 Å². The molecule has 1 saturated heterocycles. The first-order chi connectivity index (χ1) is 13.3. The highest BCUT2D eigenvalue weighted by Crippen LogP contribution is 2.31. The van der Waals surface area contributed by atoms with E-state index in [-0.39, 0.29) is 11.0 Å². The summed E-state index contributed by atoms with van der Waals surface area (Å²) in [5.41, 5.74) is 4.37. The Morgan fingerprint density at radius 2 is 2.04 bits per heavy atom. The van der Waals surface area contributed by atoms with Crippen molar-refractivity contribution in [3.8, 4) is 11.3 Å². The lowest BCUT2D eigenvalue weighted by Gasteiger charge is -2.21. The minimum absolute atomic E-state index is 0.128. The Morgan fingerprint density at radius 1 is 1.21 bits per heavy atom. The van der Waals surface area contributed by atoms with Crippen molar-refractivity contribution in [1.29, 1.82) is 0 Å². The van der Waals surface area contributed by atoms with Gasteiger partial charge < -0.3 is 4.90 Å². The SMILES string of the molecule is Cc1ccc(-c2nnn(C)c2Cn2ncc(N3CCC(C)(C)C3)cc2=O)cn1. The second-order valence-electron chi connectivity index (χ2n) is 8.24. The molecule has 1 fully saturated rings. The lowest BCUT2D eigenvalue weighted by Crippen LogP contribution is -2.28. The first kappa shape index (κ1) is 18.3. The number of hydrogen-bond donors (Lipinski definition) is 0. The maximum absolute atomic E-state index is 12.7. The van der Waals surface area contributed by atoms with Crippen LogP contribution in [0.3, 0.4) is 0 Å². The van der Waals surface area contributed by atoms with Crippen LogP contribution in [0.2, 0.25) is 0 Å². The molecule has 1 aliphatic rings. The average Bonchev–Trinajstić information content (AvgIpc) is 3.20. The lowest BCUT2D eigenvalue weighted by atomic mass is 9.93. The molecule has 0 unspecified atom stereocenters. The van der Waals surface area contributed by atoms with E-state index in [0.717, 1.165) is 42.1 Å². The normalized spacial score (nSPS) is 15.9. The molecule has 0 radical (unpaired) electrons. The van der Waals surface area contributed by atoms with Crippen molar-refractivity contribution in [1.82, 2.24) is 29.8 Å². The van der Waals surface area contributed by atoms with Crippen molar-refractivity contribution in [2.24, 2.45) is 12.5 Å². The smallest absolute Gasteiger partial charge is 0.269 e. The first-order valence-electron chi connectivity index (χ1n) is 9.46. The van der Waals surface area contributed by atoms with Gasteiger partial charge in [-0.25, -0.2) is 9.36 Å². The Bertz CT molecular complexity index is 1050. The second kappa shape index (κ2) is 6.85.